The molecule has 0 radical (unpaired) electrons. The van der Waals surface area contributed by atoms with E-state index < -0.39 is 6.29 Å². The summed E-state index contributed by atoms with van der Waals surface area (Å²) < 4.78 is 34.1. The summed E-state index contributed by atoms with van der Waals surface area (Å²) in [6, 6.07) is 4.25. The van der Waals surface area contributed by atoms with Gasteiger partial charge in [0.15, 0.2) is 11.5 Å². The van der Waals surface area contributed by atoms with Crippen LogP contribution in [-0.2, 0) is 0 Å². The van der Waals surface area contributed by atoms with Crippen molar-refractivity contribution in [2.45, 2.75) is 18.8 Å². The molecule has 0 amide bonds. The number of benzene rings is 1. The van der Waals surface area contributed by atoms with Crippen molar-refractivity contribution in [1.29, 1.82) is 0 Å². The molecule has 0 bridgehead atoms. The predicted octanol–water partition coefficient (Wildman–Crippen LogP) is 3.01. The molecule has 94 valence electrons. The Morgan fingerprint density at radius 3 is 2.65 bits per heavy atom. The van der Waals surface area contributed by atoms with Crippen molar-refractivity contribution in [3.05, 3.63) is 36.4 Å². The molecular formula is C11H12ClF2NO2. The highest BCUT2D eigenvalue weighted by atomic mass is 35.5. The van der Waals surface area contributed by atoms with Crippen LogP contribution in [0.1, 0.15) is 18.0 Å². The first kappa shape index (κ1) is 13.7. The summed E-state index contributed by atoms with van der Waals surface area (Å²) in [5, 5.41) is 0. The van der Waals surface area contributed by atoms with Gasteiger partial charge in [0.2, 0.25) is 0 Å². The molecule has 1 aromatic rings. The van der Waals surface area contributed by atoms with Crippen LogP contribution in [0, 0.1) is 0 Å². The number of fused-ring (bicyclic) bond motifs is 1. The average molecular weight is 264 g/mol. The second-order valence-electron chi connectivity index (χ2n) is 3.50. The van der Waals surface area contributed by atoms with Gasteiger partial charge in [-0.05, 0) is 24.1 Å². The van der Waals surface area contributed by atoms with E-state index in [9.17, 15) is 8.78 Å². The van der Waals surface area contributed by atoms with Gasteiger partial charge in [-0.3, -0.25) is 0 Å². The number of hydrogen-bond acceptors (Lipinski definition) is 3. The maximum Gasteiger partial charge on any atom is 0.586 e. The fourth-order valence-electron chi connectivity index (χ4n) is 1.51. The van der Waals surface area contributed by atoms with Gasteiger partial charge in [0.25, 0.3) is 0 Å². The van der Waals surface area contributed by atoms with Crippen LogP contribution in [-0.4, -0.2) is 6.29 Å². The summed E-state index contributed by atoms with van der Waals surface area (Å²) in [6.45, 7) is 3.57. The summed E-state index contributed by atoms with van der Waals surface area (Å²) in [5.74, 6) is 0.0431. The Morgan fingerprint density at radius 2 is 2.00 bits per heavy atom. The lowest BCUT2D eigenvalue weighted by atomic mass is 10.0. The number of alkyl halides is 2. The third-order valence-electron chi connectivity index (χ3n) is 2.27. The van der Waals surface area contributed by atoms with Crippen molar-refractivity contribution in [2.24, 2.45) is 5.73 Å². The monoisotopic (exact) mass is 263 g/mol. The maximum absolute atomic E-state index is 12.7. The van der Waals surface area contributed by atoms with Crippen molar-refractivity contribution in [3.8, 4) is 11.5 Å². The van der Waals surface area contributed by atoms with Crippen molar-refractivity contribution < 1.29 is 18.3 Å². The highest BCUT2D eigenvalue weighted by Crippen LogP contribution is 2.41. The Morgan fingerprint density at radius 1 is 1.35 bits per heavy atom. The fourth-order valence-corrected chi connectivity index (χ4v) is 1.51. The van der Waals surface area contributed by atoms with Crippen LogP contribution in [0.2, 0.25) is 0 Å². The molecule has 0 spiro atoms. The molecule has 6 heteroatoms. The summed E-state index contributed by atoms with van der Waals surface area (Å²) in [4.78, 5) is 0. The first-order valence-electron chi connectivity index (χ1n) is 4.78. The predicted molar refractivity (Wildman–Crippen MR) is 61.6 cm³/mol. The molecule has 1 atom stereocenters. The Balaban J connectivity index is 0.00000144. The Bertz CT molecular complexity index is 426. The van der Waals surface area contributed by atoms with Gasteiger partial charge in [-0.1, -0.05) is 12.1 Å². The van der Waals surface area contributed by atoms with E-state index in [2.05, 4.69) is 16.1 Å². The molecule has 3 nitrogen and oxygen atoms in total. The molecule has 0 fully saturated rings. The normalized spacial score (nSPS) is 17.1. The third kappa shape index (κ3) is 2.87. The number of ether oxygens (including phenoxy) is 2. The summed E-state index contributed by atoms with van der Waals surface area (Å²) in [7, 11) is 0. The van der Waals surface area contributed by atoms with Crippen molar-refractivity contribution >= 4 is 12.4 Å². The van der Waals surface area contributed by atoms with Crippen molar-refractivity contribution in [1.82, 2.24) is 0 Å². The molecule has 1 aromatic carbocycles. The van der Waals surface area contributed by atoms with Crippen LogP contribution in [0.3, 0.4) is 0 Å². The van der Waals surface area contributed by atoms with Gasteiger partial charge >= 0.3 is 6.29 Å². The zero-order valence-electron chi connectivity index (χ0n) is 8.86. The fraction of sp³-hybridized carbons (Fsp3) is 0.273. The van der Waals surface area contributed by atoms with E-state index in [4.69, 9.17) is 5.73 Å². The molecule has 0 aromatic heterocycles. The molecule has 2 N–H and O–H groups in total. The molecular weight excluding hydrogens is 252 g/mol. The highest BCUT2D eigenvalue weighted by Gasteiger charge is 2.43. The SMILES string of the molecule is C=CC[C@H](N)c1ccc2c(c1)OC(F)(F)O2.Cl. The van der Waals surface area contributed by atoms with Gasteiger partial charge in [0, 0.05) is 6.04 Å². The van der Waals surface area contributed by atoms with E-state index in [1.807, 2.05) is 0 Å². The Kier molecular flexibility index (Phi) is 3.95. The number of rotatable bonds is 3. The lowest BCUT2D eigenvalue weighted by molar-refractivity contribution is -0.286. The maximum atomic E-state index is 12.7. The molecule has 2 rings (SSSR count). The van der Waals surface area contributed by atoms with Crippen LogP contribution in [0.4, 0.5) is 8.78 Å². The van der Waals surface area contributed by atoms with Crippen molar-refractivity contribution in [2.75, 3.05) is 0 Å². The molecule has 0 aliphatic carbocycles. The molecule has 1 aliphatic rings. The number of nitrogens with two attached hydrogens (primary N) is 1. The van der Waals surface area contributed by atoms with E-state index in [0.29, 0.717) is 12.0 Å². The van der Waals surface area contributed by atoms with Crippen LogP contribution >= 0.6 is 12.4 Å². The van der Waals surface area contributed by atoms with E-state index in [1.54, 1.807) is 12.1 Å². The molecule has 0 saturated heterocycles. The van der Waals surface area contributed by atoms with Crippen LogP contribution in [0.25, 0.3) is 0 Å². The lowest BCUT2D eigenvalue weighted by Gasteiger charge is -2.09. The number of halogens is 3. The molecule has 1 heterocycles. The van der Waals surface area contributed by atoms with E-state index in [-0.39, 0.29) is 29.9 Å². The first-order chi connectivity index (χ1) is 7.52. The number of hydrogen-bond donors (Lipinski definition) is 1. The van der Waals surface area contributed by atoms with Crippen molar-refractivity contribution in [3.63, 3.8) is 0 Å². The standard InChI is InChI=1S/C11H11F2NO2.ClH/c1-2-3-8(14)7-4-5-9-10(6-7)16-11(12,13)15-9;/h2,4-6,8H,1,3,14H2;1H/t8-;/m0./s1. The Labute approximate surface area is 104 Å². The van der Waals surface area contributed by atoms with Gasteiger partial charge in [-0.2, -0.15) is 0 Å². The second-order valence-corrected chi connectivity index (χ2v) is 3.50. The highest BCUT2D eigenvalue weighted by molar-refractivity contribution is 5.85. The van der Waals surface area contributed by atoms with E-state index in [1.165, 1.54) is 12.1 Å². The summed E-state index contributed by atoms with van der Waals surface area (Å²) in [6.07, 6.45) is -1.34. The van der Waals surface area contributed by atoms with Crippen LogP contribution < -0.4 is 15.2 Å². The molecule has 1 aliphatic heterocycles. The van der Waals surface area contributed by atoms with Gasteiger partial charge in [-0.15, -0.1) is 27.8 Å². The topological polar surface area (TPSA) is 44.5 Å². The van der Waals surface area contributed by atoms with E-state index in [0.717, 1.165) is 0 Å². The largest absolute Gasteiger partial charge is 0.586 e. The van der Waals surface area contributed by atoms with Gasteiger partial charge in [0.1, 0.15) is 0 Å². The quantitative estimate of drug-likeness (QED) is 0.853. The van der Waals surface area contributed by atoms with Gasteiger partial charge in [-0.25, -0.2) is 0 Å². The lowest BCUT2D eigenvalue weighted by Crippen LogP contribution is -2.25. The minimum Gasteiger partial charge on any atom is -0.395 e. The van der Waals surface area contributed by atoms with Gasteiger partial charge in [0.05, 0.1) is 0 Å². The molecule has 0 unspecified atom stereocenters. The molecule has 0 saturated carbocycles. The summed E-state index contributed by atoms with van der Waals surface area (Å²) >= 11 is 0. The zero-order chi connectivity index (χ0) is 11.8. The molecule has 17 heavy (non-hydrogen) atoms. The Hall–Kier alpha value is -1.33. The first-order valence-corrected chi connectivity index (χ1v) is 4.78. The zero-order valence-corrected chi connectivity index (χ0v) is 9.68. The van der Waals surface area contributed by atoms with Crippen LogP contribution in [0.15, 0.2) is 30.9 Å². The minimum atomic E-state index is -3.58. The van der Waals surface area contributed by atoms with Crippen LogP contribution in [0.5, 0.6) is 11.5 Å². The average Bonchev–Trinajstić information content (AvgIpc) is 2.50. The van der Waals surface area contributed by atoms with Gasteiger partial charge < -0.3 is 15.2 Å². The smallest absolute Gasteiger partial charge is 0.395 e. The summed E-state index contributed by atoms with van der Waals surface area (Å²) in [5.41, 5.74) is 6.52. The third-order valence-corrected chi connectivity index (χ3v) is 2.27. The second kappa shape index (κ2) is 4.89. The van der Waals surface area contributed by atoms with E-state index >= 15 is 0 Å². The minimum absolute atomic E-state index is 0.